The third-order valence-corrected chi connectivity index (χ3v) is 16.0. The van der Waals surface area contributed by atoms with Crippen LogP contribution in [0.4, 0.5) is 0 Å². The summed E-state index contributed by atoms with van der Waals surface area (Å²) in [5, 5.41) is 18.8. The molecular weight excluding hydrogens is 1120 g/mol. The Balaban J connectivity index is 0.648. The number of hydrogen-bond acceptors (Lipinski definition) is 6. The minimum atomic E-state index is 0.163. The molecule has 0 aromatic heterocycles. The van der Waals surface area contributed by atoms with Crippen molar-refractivity contribution in [3.05, 3.63) is 251 Å². The van der Waals surface area contributed by atoms with Gasteiger partial charge in [0.2, 0.25) is 15.5 Å². The maximum absolute atomic E-state index is 6.32. The van der Waals surface area contributed by atoms with Crippen LogP contribution in [0.15, 0.2) is 264 Å². The number of hydrogen-bond donors (Lipinski definition) is 3. The molecule has 13 rings (SSSR count). The smallest absolute Gasteiger partial charge is 0.350 e. The molecule has 0 saturated carbocycles. The second kappa shape index (κ2) is 23.2. The van der Waals surface area contributed by atoms with E-state index in [0.29, 0.717) is 54.8 Å². The minimum Gasteiger partial charge on any atom is -0.350 e. The first-order valence-corrected chi connectivity index (χ1v) is 28.5. The summed E-state index contributed by atoms with van der Waals surface area (Å²) in [6.07, 6.45) is 63.3. The van der Waals surface area contributed by atoms with Gasteiger partial charge in [-0.2, -0.15) is 0 Å². The van der Waals surface area contributed by atoms with E-state index in [-0.39, 0.29) is 17.9 Å². The van der Waals surface area contributed by atoms with Gasteiger partial charge in [0, 0.05) is 99.0 Å². The van der Waals surface area contributed by atoms with E-state index in [2.05, 4.69) is 225 Å². The number of guanidine groups is 3. The topological polar surface area (TPSA) is 179 Å². The Morgan fingerprint density at radius 2 is 0.548 bits per heavy atom. The van der Waals surface area contributed by atoms with Crippen LogP contribution in [-0.2, 0) is 19.6 Å². The molecule has 1 aromatic rings. The predicted octanol–water partition coefficient (Wildman–Crippen LogP) is 3.70. The largest absolute Gasteiger partial charge is 0.465 e. The molecule has 18 nitrogen and oxygen atoms in total. The molecule has 0 bridgehead atoms. The molecule has 0 atom stereocenters. The fourth-order valence-electron chi connectivity index (χ4n) is 10.8. The molecule has 0 fully saturated rings. The van der Waals surface area contributed by atoms with Crippen molar-refractivity contribution in [2.75, 3.05) is 39.3 Å². The lowest BCUT2D eigenvalue weighted by atomic mass is 10.0. The lowest BCUT2D eigenvalue weighted by molar-refractivity contribution is -0.399. The van der Waals surface area contributed by atoms with Gasteiger partial charge in [0.1, 0.15) is 36.4 Å². The Bertz CT molecular complexity index is 3540. The van der Waals surface area contributed by atoms with Gasteiger partial charge in [0.05, 0.1) is 38.3 Å². The molecule has 0 unspecified atom stereocenters. The highest BCUT2D eigenvalue weighted by Gasteiger charge is 2.37. The van der Waals surface area contributed by atoms with Gasteiger partial charge in [0.15, 0.2) is 0 Å². The highest BCUT2D eigenvalue weighted by atomic mass is 35.5. The first-order chi connectivity index (χ1) is 41.0. The molecule has 0 aliphatic carbocycles. The molecule has 84 heavy (non-hydrogen) atoms. The van der Waals surface area contributed by atoms with E-state index >= 15 is 0 Å². The number of fused-ring (bicyclic) bond motifs is 3. The number of allylic oxidation sites excluding steroid dienone is 21. The quantitative estimate of drug-likeness (QED) is 0.226. The van der Waals surface area contributed by atoms with E-state index in [9.17, 15) is 0 Å². The van der Waals surface area contributed by atoms with Crippen molar-refractivity contribution in [3.63, 3.8) is 0 Å². The van der Waals surface area contributed by atoms with Gasteiger partial charge in [-0.15, -0.1) is 0 Å². The normalized spacial score (nSPS) is 20.8. The van der Waals surface area contributed by atoms with Crippen molar-refractivity contribution >= 4 is 104 Å². The summed E-state index contributed by atoms with van der Waals surface area (Å²) in [5.41, 5.74) is 12.8. The van der Waals surface area contributed by atoms with Gasteiger partial charge < -0.3 is 29.4 Å². The van der Waals surface area contributed by atoms with Crippen molar-refractivity contribution < 1.29 is 30.0 Å². The first kappa shape index (κ1) is 53.6. The average molecular weight is 1170 g/mol. The van der Waals surface area contributed by atoms with E-state index in [1.807, 2.05) is 50.6 Å². The summed E-state index contributed by atoms with van der Waals surface area (Å²) in [7, 11) is 0. The Kier molecular flexibility index (Phi) is 14.8. The van der Waals surface area contributed by atoms with Gasteiger partial charge in [-0.1, -0.05) is 28.2 Å². The molecule has 0 saturated heterocycles. The number of benzene rings is 1. The van der Waals surface area contributed by atoms with Gasteiger partial charge in [-0.25, -0.2) is 13.7 Å². The second-order valence-electron chi connectivity index (χ2n) is 20.8. The van der Waals surface area contributed by atoms with Crippen LogP contribution in [0, 0.1) is 0 Å². The van der Waals surface area contributed by atoms with Crippen LogP contribution in [0.5, 0.6) is 0 Å². The third-order valence-electron chi connectivity index (χ3n) is 15.1. The lowest BCUT2D eigenvalue weighted by Gasteiger charge is -2.25. The van der Waals surface area contributed by atoms with Crippen LogP contribution in [0.25, 0.3) is 0 Å². The first-order valence-electron chi connectivity index (χ1n) is 27.4. The Morgan fingerprint density at radius 1 is 0.321 bits per heavy atom. The van der Waals surface area contributed by atoms with Gasteiger partial charge in [-0.05, 0) is 191 Å². The SMILES string of the molecule is [NH2+]=C1N=C(Cl)C2=CC=[N+](CCN3C=CC(=C4C=CN(Cc5cc(CN6C=CC(=C7C=CN(CC[N+]8=CC=C9C(Cl)=NC(=[NH2+])N=C98)C=C7)C=C6)cc(CN6C=CC(=C7C=CN(CC[N+]8=CC=C9C(Cl)=NC(=[NH2+])N=C98)C=C7)C=C6)c5)C=C4)C=C3)C2=N1. The van der Waals surface area contributed by atoms with E-state index in [0.717, 1.165) is 87.3 Å². The van der Waals surface area contributed by atoms with Crippen LogP contribution < -0.4 is 16.2 Å². The number of rotatable bonds is 15. The summed E-state index contributed by atoms with van der Waals surface area (Å²) in [5.74, 6) is 2.68. The average Bonchev–Trinajstić information content (AvgIpc) is 4.43. The number of aliphatic imine (C=N–C) groups is 6. The maximum Gasteiger partial charge on any atom is 0.465 e. The summed E-state index contributed by atoms with van der Waals surface area (Å²) in [4.78, 5) is 38.7. The highest BCUT2D eigenvalue weighted by molar-refractivity contribution is 6.75. The highest BCUT2D eigenvalue weighted by Crippen LogP contribution is 2.27. The Morgan fingerprint density at radius 3 is 0.786 bits per heavy atom. The zero-order valence-corrected chi connectivity index (χ0v) is 47.8. The van der Waals surface area contributed by atoms with Gasteiger partial charge >= 0.3 is 35.4 Å². The standard InChI is InChI=1S/C63H54Cl3N18/c64-55-52-13-28-82(58(52)73-61(67)70-55)34-31-76-16-1-46(2-17-76)49-7-22-79(23-8-49)40-43-37-44(41-80-24-9-50(10-25-80)47-3-18-77(19-4-47)32-35-83-29-14-53-56(65)71-62(68)74-59(53)83)39-45(38-43)42-81-26-11-51(12-27-81)48-5-20-78(21-6-48)33-36-84-30-15-54-57(66)72-63(69)75-60(54)84/h1-30,37-39,67-69H,31-36,40-42H2/q+3/p+3. The van der Waals surface area contributed by atoms with Crippen molar-refractivity contribution in [3.8, 4) is 0 Å². The zero-order valence-electron chi connectivity index (χ0n) is 45.5. The Labute approximate surface area is 500 Å². The lowest BCUT2D eigenvalue weighted by Crippen LogP contribution is -2.41. The second-order valence-corrected chi connectivity index (χ2v) is 21.8. The van der Waals surface area contributed by atoms with Crippen LogP contribution in [0.2, 0.25) is 0 Å². The van der Waals surface area contributed by atoms with E-state index in [1.54, 1.807) is 0 Å². The molecule has 414 valence electrons. The molecule has 0 spiro atoms. The number of halogens is 3. The molecule has 12 aliphatic rings. The maximum atomic E-state index is 6.32. The number of nitrogens with zero attached hydrogens (tertiary/aromatic N) is 15. The monoisotopic (exact) mass is 1170 g/mol. The van der Waals surface area contributed by atoms with Crippen LogP contribution in [-0.4, -0.2) is 152 Å². The third kappa shape index (κ3) is 11.8. The van der Waals surface area contributed by atoms with Gasteiger partial charge in [-0.3, -0.25) is 16.2 Å². The van der Waals surface area contributed by atoms with Crippen molar-refractivity contribution in [2.45, 2.75) is 19.6 Å². The molecule has 12 aliphatic heterocycles. The zero-order chi connectivity index (χ0) is 57.3. The summed E-state index contributed by atoms with van der Waals surface area (Å²) >= 11 is 19.0. The fourth-order valence-corrected chi connectivity index (χ4v) is 11.5. The number of amidine groups is 3. The number of nitrogens with two attached hydrogens (primary N) is 3. The minimum absolute atomic E-state index is 0.163. The van der Waals surface area contributed by atoms with Crippen molar-refractivity contribution in [1.29, 1.82) is 0 Å². The van der Waals surface area contributed by atoms with E-state index in [1.165, 1.54) is 16.7 Å². The molecule has 1 aromatic carbocycles. The van der Waals surface area contributed by atoms with Gasteiger partial charge in [0.25, 0.3) is 0 Å². The molecule has 12 heterocycles. The van der Waals surface area contributed by atoms with E-state index < -0.39 is 0 Å². The summed E-state index contributed by atoms with van der Waals surface area (Å²) < 4.78 is 6.14. The molecule has 0 radical (unpaired) electrons. The van der Waals surface area contributed by atoms with Crippen molar-refractivity contribution in [2.24, 2.45) is 30.0 Å². The van der Waals surface area contributed by atoms with E-state index in [4.69, 9.17) is 51.0 Å². The predicted molar refractivity (Wildman–Crippen MR) is 335 cm³/mol. The fraction of sp³-hybridized carbons (Fsp3) is 0.143. The summed E-state index contributed by atoms with van der Waals surface area (Å²) in [6.45, 7) is 6.48. The Hall–Kier alpha value is -9.75. The molecule has 0 amide bonds. The molecular formula is C63H57Cl3N18+6. The summed E-state index contributed by atoms with van der Waals surface area (Å²) in [6, 6.07) is 6.98. The van der Waals surface area contributed by atoms with Crippen LogP contribution in [0.3, 0.4) is 0 Å². The van der Waals surface area contributed by atoms with Crippen LogP contribution in [0.1, 0.15) is 16.7 Å². The van der Waals surface area contributed by atoms with Crippen LogP contribution >= 0.6 is 34.8 Å². The molecule has 6 N–H and O–H groups in total. The molecule has 21 heteroatoms. The van der Waals surface area contributed by atoms with Crippen molar-refractivity contribution in [1.82, 2.24) is 29.4 Å².